The molecule has 0 aromatic heterocycles. The number of hydrogen-bond donors (Lipinski definition) is 0. The molecule has 6 nitrogen and oxygen atoms in total. The number of amides is 1. The van der Waals surface area contributed by atoms with Crippen LogP contribution in [-0.4, -0.2) is 56.4 Å². The molecule has 1 unspecified atom stereocenters. The van der Waals surface area contributed by atoms with Crippen LogP contribution >= 0.6 is 0 Å². The lowest BCUT2D eigenvalue weighted by Gasteiger charge is -2.42. The average Bonchev–Trinajstić information content (AvgIpc) is 3.24. The van der Waals surface area contributed by atoms with Gasteiger partial charge in [0.05, 0.1) is 20.3 Å². The number of halogens is 4. The maximum absolute atomic E-state index is 13.9. The van der Waals surface area contributed by atoms with Crippen LogP contribution in [0.4, 0.5) is 17.6 Å². The quantitative estimate of drug-likeness (QED) is 0.552. The Balaban J connectivity index is 1.28. The molecule has 1 aliphatic carbocycles. The Bertz CT molecular complexity index is 1100. The molecule has 0 spiro atoms. The van der Waals surface area contributed by atoms with E-state index in [0.717, 1.165) is 6.07 Å². The van der Waals surface area contributed by atoms with Crippen molar-refractivity contribution in [2.24, 2.45) is 5.92 Å². The second kappa shape index (κ2) is 8.98. The van der Waals surface area contributed by atoms with Crippen LogP contribution in [0.2, 0.25) is 0 Å². The summed E-state index contributed by atoms with van der Waals surface area (Å²) < 4.78 is 76.4. The third kappa shape index (κ3) is 4.56. The first-order valence-corrected chi connectivity index (χ1v) is 11.4. The highest BCUT2D eigenvalue weighted by molar-refractivity contribution is 5.95. The number of benzene rings is 2. The van der Waals surface area contributed by atoms with E-state index in [0.29, 0.717) is 29.0 Å². The van der Waals surface area contributed by atoms with Crippen molar-refractivity contribution in [3.63, 3.8) is 0 Å². The van der Waals surface area contributed by atoms with Gasteiger partial charge >= 0.3 is 0 Å². The molecule has 3 aliphatic rings. The fraction of sp³-hybridized carbons (Fsp3) is 0.480. The van der Waals surface area contributed by atoms with E-state index < -0.39 is 29.3 Å². The largest absolute Gasteiger partial charge is 0.493 e. The molecule has 2 aliphatic heterocycles. The summed E-state index contributed by atoms with van der Waals surface area (Å²) >= 11 is 0. The van der Waals surface area contributed by atoms with Crippen molar-refractivity contribution < 1.29 is 41.3 Å². The molecule has 35 heavy (non-hydrogen) atoms. The Kier molecular flexibility index (Phi) is 6.13. The van der Waals surface area contributed by atoms with Gasteiger partial charge in [-0.15, -0.1) is 0 Å². The predicted octanol–water partition coefficient (Wildman–Crippen LogP) is 4.51. The number of carbonyl (C=O) groups is 1. The minimum Gasteiger partial charge on any atom is -0.493 e. The van der Waals surface area contributed by atoms with E-state index >= 15 is 0 Å². The maximum atomic E-state index is 13.9. The summed E-state index contributed by atoms with van der Waals surface area (Å²) in [6, 6.07) is 7.98. The number of methoxy groups -OCH3 is 1. The molecule has 1 amide bonds. The number of hydrogen-bond acceptors (Lipinski definition) is 5. The molecule has 3 fully saturated rings. The van der Waals surface area contributed by atoms with Gasteiger partial charge < -0.3 is 23.8 Å². The summed E-state index contributed by atoms with van der Waals surface area (Å²) in [7, 11) is 1.44. The highest BCUT2D eigenvalue weighted by atomic mass is 19.3. The van der Waals surface area contributed by atoms with Gasteiger partial charge in [0.25, 0.3) is 5.91 Å². The van der Waals surface area contributed by atoms with Crippen molar-refractivity contribution in [2.75, 3.05) is 33.6 Å². The molecule has 2 aromatic rings. The highest BCUT2D eigenvalue weighted by Gasteiger charge is 2.51. The first-order chi connectivity index (χ1) is 16.7. The lowest BCUT2D eigenvalue weighted by Crippen LogP contribution is -2.53. The van der Waals surface area contributed by atoms with Gasteiger partial charge in [-0.2, -0.15) is 0 Å². The van der Waals surface area contributed by atoms with Crippen LogP contribution in [0.1, 0.15) is 35.2 Å². The van der Waals surface area contributed by atoms with Crippen LogP contribution in [0.3, 0.4) is 0 Å². The van der Waals surface area contributed by atoms with Gasteiger partial charge in [0.1, 0.15) is 30.1 Å². The van der Waals surface area contributed by atoms with Crippen molar-refractivity contribution in [1.82, 2.24) is 4.90 Å². The number of likely N-dealkylation sites (tertiary alicyclic amines) is 1. The smallest absolute Gasteiger partial charge is 0.254 e. The molecule has 2 aromatic carbocycles. The molecule has 2 saturated heterocycles. The molecule has 0 N–H and O–H groups in total. The fourth-order valence-electron chi connectivity index (χ4n) is 5.08. The van der Waals surface area contributed by atoms with E-state index in [1.807, 2.05) is 0 Å². The summed E-state index contributed by atoms with van der Waals surface area (Å²) in [5.74, 6) is -3.82. The van der Waals surface area contributed by atoms with Gasteiger partial charge in [0, 0.05) is 43.4 Å². The zero-order valence-corrected chi connectivity index (χ0v) is 19.1. The Morgan fingerprint density at radius 2 is 1.86 bits per heavy atom. The number of carbonyl (C=O) groups excluding carboxylic acids is 1. The van der Waals surface area contributed by atoms with Gasteiger partial charge in [0.15, 0.2) is 11.5 Å². The number of rotatable bonds is 6. The molecular formula is C25H25F4NO5. The third-order valence-corrected chi connectivity index (χ3v) is 6.94. The Hall–Kier alpha value is -2.85. The molecule has 2 atom stereocenters. The molecule has 2 heterocycles. The lowest BCUT2D eigenvalue weighted by atomic mass is 9.82. The van der Waals surface area contributed by atoms with Gasteiger partial charge in [-0.05, 0) is 35.9 Å². The molecule has 0 bridgehead atoms. The number of nitrogens with zero attached hydrogens (tertiary/aromatic N) is 1. The molecule has 5 rings (SSSR count). The van der Waals surface area contributed by atoms with Crippen molar-refractivity contribution in [2.45, 2.75) is 36.9 Å². The standard InChI is InChI=1S/C25H25F4NO5/c1-32-21-6-16(2-3-20(21)33-13-15-10-24(28,29)11-15)23(31)30-5-4-25(22(12-30)34-14-35-25)17-7-18(26)9-19(27)8-17/h2-3,6-9,15,22H,4-5,10-14H2,1H3/t22?,25-/m1/s1. The third-order valence-electron chi connectivity index (χ3n) is 6.94. The Labute approximate surface area is 199 Å². The van der Waals surface area contributed by atoms with Gasteiger partial charge in [0.2, 0.25) is 5.92 Å². The van der Waals surface area contributed by atoms with Crippen LogP contribution in [0.15, 0.2) is 36.4 Å². The molecular weight excluding hydrogens is 470 g/mol. The van der Waals surface area contributed by atoms with E-state index in [9.17, 15) is 22.4 Å². The van der Waals surface area contributed by atoms with Crippen molar-refractivity contribution in [1.29, 1.82) is 0 Å². The second-order valence-corrected chi connectivity index (χ2v) is 9.27. The maximum Gasteiger partial charge on any atom is 0.254 e. The Morgan fingerprint density at radius 3 is 2.54 bits per heavy atom. The van der Waals surface area contributed by atoms with Crippen LogP contribution in [0.25, 0.3) is 0 Å². The minimum absolute atomic E-state index is 0.0440. The van der Waals surface area contributed by atoms with Crippen molar-refractivity contribution in [3.05, 3.63) is 59.2 Å². The molecule has 0 radical (unpaired) electrons. The number of piperidine rings is 1. The first kappa shape index (κ1) is 23.9. The summed E-state index contributed by atoms with van der Waals surface area (Å²) in [4.78, 5) is 14.8. The topological polar surface area (TPSA) is 57.2 Å². The van der Waals surface area contributed by atoms with E-state index in [1.165, 1.54) is 19.2 Å². The lowest BCUT2D eigenvalue weighted by molar-refractivity contribution is -0.119. The summed E-state index contributed by atoms with van der Waals surface area (Å²) in [6.07, 6.45) is -0.683. The van der Waals surface area contributed by atoms with Crippen molar-refractivity contribution >= 4 is 5.91 Å². The summed E-state index contributed by atoms with van der Waals surface area (Å²) in [5, 5.41) is 0. The predicted molar refractivity (Wildman–Crippen MR) is 116 cm³/mol. The van der Waals surface area contributed by atoms with E-state index in [2.05, 4.69) is 0 Å². The van der Waals surface area contributed by atoms with Crippen LogP contribution in [0, 0.1) is 17.6 Å². The van der Waals surface area contributed by atoms with Crippen LogP contribution < -0.4 is 9.47 Å². The van der Waals surface area contributed by atoms with Crippen LogP contribution in [0.5, 0.6) is 11.5 Å². The summed E-state index contributed by atoms with van der Waals surface area (Å²) in [5.41, 5.74) is -0.336. The monoisotopic (exact) mass is 495 g/mol. The normalized spacial score (nSPS) is 25.6. The Morgan fingerprint density at radius 1 is 1.11 bits per heavy atom. The summed E-state index contributed by atoms with van der Waals surface area (Å²) in [6.45, 7) is 0.561. The zero-order chi connectivity index (χ0) is 24.8. The van der Waals surface area contributed by atoms with E-state index in [1.54, 1.807) is 23.1 Å². The van der Waals surface area contributed by atoms with Crippen LogP contribution in [-0.2, 0) is 15.1 Å². The zero-order valence-electron chi connectivity index (χ0n) is 19.1. The second-order valence-electron chi connectivity index (χ2n) is 9.27. The fourth-order valence-corrected chi connectivity index (χ4v) is 5.08. The first-order valence-electron chi connectivity index (χ1n) is 11.4. The van der Waals surface area contributed by atoms with E-state index in [-0.39, 0.29) is 51.2 Å². The van der Waals surface area contributed by atoms with Crippen molar-refractivity contribution in [3.8, 4) is 11.5 Å². The highest BCUT2D eigenvalue weighted by Crippen LogP contribution is 2.44. The van der Waals surface area contributed by atoms with Gasteiger partial charge in [-0.1, -0.05) is 0 Å². The van der Waals surface area contributed by atoms with Gasteiger partial charge in [-0.25, -0.2) is 17.6 Å². The minimum atomic E-state index is -2.61. The molecule has 1 saturated carbocycles. The number of ether oxygens (including phenoxy) is 4. The van der Waals surface area contributed by atoms with E-state index in [4.69, 9.17) is 18.9 Å². The molecule has 188 valence electrons. The van der Waals surface area contributed by atoms with Gasteiger partial charge in [-0.3, -0.25) is 4.79 Å². The number of fused-ring (bicyclic) bond motifs is 1. The number of alkyl halides is 2. The molecule has 10 heteroatoms. The average molecular weight is 495 g/mol. The SMILES string of the molecule is COc1cc(C(=O)N2CC[C@]3(c4cc(F)cc(F)c4)OCOC3C2)ccc1OCC1CC(F)(F)C1.